The molecule has 0 unspecified atom stereocenters. The van der Waals surface area contributed by atoms with Crippen LogP contribution in [0.4, 0.5) is 0 Å². The van der Waals surface area contributed by atoms with Crippen molar-refractivity contribution in [3.63, 3.8) is 0 Å². The third-order valence-corrected chi connectivity index (χ3v) is 2.32. The van der Waals surface area contributed by atoms with Crippen LogP contribution in [0.5, 0.6) is 0 Å². The van der Waals surface area contributed by atoms with Crippen LogP contribution in [-0.2, 0) is 18.3 Å². The molecular weight excluding hydrogens is 182 g/mol. The largest absolute Gasteiger partial charge is 0.481 e. The topological polar surface area (TPSA) is 59.3 Å². The summed E-state index contributed by atoms with van der Waals surface area (Å²) in [6, 6.07) is 1.82. The second-order valence-electron chi connectivity index (χ2n) is 3.38. The number of carboxylic acids is 1. The summed E-state index contributed by atoms with van der Waals surface area (Å²) >= 11 is 0. The zero-order valence-electron chi connectivity index (χ0n) is 8.50. The lowest BCUT2D eigenvalue weighted by Crippen LogP contribution is -2.25. The first-order valence-corrected chi connectivity index (χ1v) is 4.31. The van der Waals surface area contributed by atoms with Crippen molar-refractivity contribution in [2.24, 2.45) is 7.05 Å². The molecule has 0 bridgehead atoms. The predicted molar refractivity (Wildman–Crippen MR) is 52.5 cm³/mol. The fourth-order valence-corrected chi connectivity index (χ4v) is 1.39. The summed E-state index contributed by atoms with van der Waals surface area (Å²) < 4.78 is 1.46. The molecule has 0 spiro atoms. The van der Waals surface area contributed by atoms with E-state index in [1.165, 1.54) is 4.57 Å². The average Bonchev–Trinajstić information content (AvgIpc) is 2.09. The summed E-state index contributed by atoms with van der Waals surface area (Å²) in [6.07, 6.45) is -0.210. The van der Waals surface area contributed by atoms with Crippen molar-refractivity contribution in [2.75, 3.05) is 0 Å². The molecule has 1 aromatic heterocycles. The minimum absolute atomic E-state index is 0.210. The van der Waals surface area contributed by atoms with Crippen LogP contribution in [0.1, 0.15) is 16.8 Å². The van der Waals surface area contributed by atoms with Gasteiger partial charge in [0.25, 0.3) is 5.56 Å². The van der Waals surface area contributed by atoms with Crippen molar-refractivity contribution in [1.29, 1.82) is 0 Å². The quantitative estimate of drug-likeness (QED) is 0.753. The molecule has 14 heavy (non-hydrogen) atoms. The first kappa shape index (κ1) is 10.5. The second-order valence-corrected chi connectivity index (χ2v) is 3.38. The molecule has 0 amide bonds. The van der Waals surface area contributed by atoms with Gasteiger partial charge in [-0.1, -0.05) is 0 Å². The summed E-state index contributed by atoms with van der Waals surface area (Å²) in [5, 5.41) is 8.63. The fraction of sp³-hybridized carbons (Fsp3) is 0.400. The van der Waals surface area contributed by atoms with E-state index in [4.69, 9.17) is 5.11 Å². The third-order valence-electron chi connectivity index (χ3n) is 2.32. The Balaban J connectivity index is 3.37. The summed E-state index contributed by atoms with van der Waals surface area (Å²) in [4.78, 5) is 22.2. The molecule has 1 rings (SSSR count). The van der Waals surface area contributed by atoms with E-state index in [9.17, 15) is 9.59 Å². The molecule has 0 aliphatic carbocycles. The minimum atomic E-state index is -0.978. The van der Waals surface area contributed by atoms with Crippen molar-refractivity contribution >= 4 is 5.97 Å². The van der Waals surface area contributed by atoms with Gasteiger partial charge in [-0.25, -0.2) is 0 Å². The van der Waals surface area contributed by atoms with Gasteiger partial charge in [-0.3, -0.25) is 9.59 Å². The molecule has 1 aromatic rings. The maximum absolute atomic E-state index is 11.6. The molecule has 1 N–H and O–H groups in total. The third kappa shape index (κ3) is 1.84. The number of aromatic nitrogens is 1. The molecule has 76 valence electrons. The molecule has 4 nitrogen and oxygen atoms in total. The molecule has 0 radical (unpaired) electrons. The van der Waals surface area contributed by atoms with Gasteiger partial charge in [-0.05, 0) is 25.5 Å². The van der Waals surface area contributed by atoms with Gasteiger partial charge in [0.05, 0.1) is 6.42 Å². The molecular formula is C10H13NO3. The van der Waals surface area contributed by atoms with Gasteiger partial charge in [-0.2, -0.15) is 0 Å². The molecule has 0 atom stereocenters. The lowest BCUT2D eigenvalue weighted by atomic mass is 10.1. The van der Waals surface area contributed by atoms with Crippen LogP contribution in [-0.4, -0.2) is 15.6 Å². The van der Waals surface area contributed by atoms with Crippen LogP contribution in [0.3, 0.4) is 0 Å². The minimum Gasteiger partial charge on any atom is -0.481 e. The van der Waals surface area contributed by atoms with E-state index in [0.717, 1.165) is 11.3 Å². The van der Waals surface area contributed by atoms with E-state index in [0.29, 0.717) is 5.56 Å². The first-order valence-electron chi connectivity index (χ1n) is 4.31. The number of hydrogen-bond donors (Lipinski definition) is 1. The van der Waals surface area contributed by atoms with E-state index >= 15 is 0 Å². The Bertz CT molecular complexity index is 432. The molecule has 0 aromatic carbocycles. The van der Waals surface area contributed by atoms with Gasteiger partial charge in [-0.15, -0.1) is 0 Å². The highest BCUT2D eigenvalue weighted by Crippen LogP contribution is 2.05. The molecule has 0 aliphatic heterocycles. The maximum atomic E-state index is 11.6. The molecule has 0 saturated carbocycles. The summed E-state index contributed by atoms with van der Waals surface area (Å²) in [5.74, 6) is -0.978. The van der Waals surface area contributed by atoms with Crippen LogP contribution in [0.2, 0.25) is 0 Å². The van der Waals surface area contributed by atoms with E-state index in [1.54, 1.807) is 14.0 Å². The number of nitrogens with zero attached hydrogens (tertiary/aromatic N) is 1. The Hall–Kier alpha value is -1.58. The summed E-state index contributed by atoms with van der Waals surface area (Å²) in [6.45, 7) is 3.58. The Labute approximate surface area is 81.8 Å². The first-order chi connectivity index (χ1) is 6.43. The van der Waals surface area contributed by atoms with Gasteiger partial charge in [0.1, 0.15) is 0 Å². The van der Waals surface area contributed by atoms with Gasteiger partial charge < -0.3 is 9.67 Å². The summed E-state index contributed by atoms with van der Waals surface area (Å²) in [7, 11) is 1.64. The van der Waals surface area contributed by atoms with E-state index in [1.807, 2.05) is 13.0 Å². The van der Waals surface area contributed by atoms with E-state index < -0.39 is 5.97 Å². The SMILES string of the molecule is Cc1cc(C)n(C)c(=O)c1CC(=O)O. The number of carbonyl (C=O) groups is 1. The smallest absolute Gasteiger partial charge is 0.308 e. The number of hydrogen-bond acceptors (Lipinski definition) is 2. The Morgan fingerprint density at radius 2 is 2.07 bits per heavy atom. The number of aryl methyl sites for hydroxylation is 2. The Morgan fingerprint density at radius 3 is 2.57 bits per heavy atom. The van der Waals surface area contributed by atoms with Crippen LogP contribution < -0.4 is 5.56 Å². The number of aliphatic carboxylic acids is 1. The maximum Gasteiger partial charge on any atom is 0.308 e. The van der Waals surface area contributed by atoms with E-state index in [-0.39, 0.29) is 12.0 Å². The van der Waals surface area contributed by atoms with Crippen molar-refractivity contribution in [3.8, 4) is 0 Å². The highest BCUT2D eigenvalue weighted by molar-refractivity contribution is 5.70. The summed E-state index contributed by atoms with van der Waals surface area (Å²) in [5.41, 5.74) is 1.73. The van der Waals surface area contributed by atoms with Crippen molar-refractivity contribution < 1.29 is 9.90 Å². The molecule has 1 heterocycles. The monoisotopic (exact) mass is 195 g/mol. The molecule has 0 aliphatic rings. The van der Waals surface area contributed by atoms with Crippen molar-refractivity contribution in [1.82, 2.24) is 4.57 Å². The lowest BCUT2D eigenvalue weighted by molar-refractivity contribution is -0.136. The predicted octanol–water partition coefficient (Wildman–Crippen LogP) is 0.629. The van der Waals surface area contributed by atoms with E-state index in [2.05, 4.69) is 0 Å². The number of carboxylic acid groups (broad SMARTS) is 1. The lowest BCUT2D eigenvalue weighted by Gasteiger charge is -2.08. The highest BCUT2D eigenvalue weighted by Gasteiger charge is 2.11. The van der Waals surface area contributed by atoms with Gasteiger partial charge in [0, 0.05) is 18.3 Å². The van der Waals surface area contributed by atoms with Crippen LogP contribution >= 0.6 is 0 Å². The van der Waals surface area contributed by atoms with Crippen LogP contribution in [0, 0.1) is 13.8 Å². The number of rotatable bonds is 2. The van der Waals surface area contributed by atoms with Crippen molar-refractivity contribution in [3.05, 3.63) is 33.2 Å². The average molecular weight is 195 g/mol. The zero-order valence-corrected chi connectivity index (χ0v) is 8.50. The Kier molecular flexibility index (Phi) is 2.74. The standard InChI is InChI=1S/C10H13NO3/c1-6-4-7(2)11(3)10(14)8(6)5-9(12)13/h4H,5H2,1-3H3,(H,12,13). The van der Waals surface area contributed by atoms with Crippen molar-refractivity contribution in [2.45, 2.75) is 20.3 Å². The van der Waals surface area contributed by atoms with Gasteiger partial charge >= 0.3 is 5.97 Å². The highest BCUT2D eigenvalue weighted by atomic mass is 16.4. The fourth-order valence-electron chi connectivity index (χ4n) is 1.39. The normalized spacial score (nSPS) is 10.2. The zero-order chi connectivity index (χ0) is 10.9. The molecule has 0 saturated heterocycles. The molecule has 0 fully saturated rings. The van der Waals surface area contributed by atoms with Crippen LogP contribution in [0.15, 0.2) is 10.9 Å². The van der Waals surface area contributed by atoms with Gasteiger partial charge in [0.15, 0.2) is 0 Å². The number of pyridine rings is 1. The Morgan fingerprint density at radius 1 is 1.50 bits per heavy atom. The second kappa shape index (κ2) is 3.65. The van der Waals surface area contributed by atoms with Crippen LogP contribution in [0.25, 0.3) is 0 Å². The van der Waals surface area contributed by atoms with Gasteiger partial charge in [0.2, 0.25) is 0 Å². The molecule has 4 heteroatoms.